The van der Waals surface area contributed by atoms with Gasteiger partial charge in [0.15, 0.2) is 0 Å². The van der Waals surface area contributed by atoms with Gasteiger partial charge < -0.3 is 4.74 Å². The second-order valence-electron chi connectivity index (χ2n) is 4.52. The molecule has 1 saturated heterocycles. The Kier molecular flexibility index (Phi) is 2.96. The average molecular weight is 205 g/mol. The van der Waals surface area contributed by atoms with Crippen molar-refractivity contribution in [1.29, 1.82) is 0 Å². The van der Waals surface area contributed by atoms with Crippen LogP contribution in [0.25, 0.3) is 0 Å². The maximum atomic E-state index is 5.23. The van der Waals surface area contributed by atoms with Crippen molar-refractivity contribution in [3.8, 4) is 5.75 Å². The summed E-state index contributed by atoms with van der Waals surface area (Å²) in [4.78, 5) is 2.49. The Morgan fingerprint density at radius 1 is 1.33 bits per heavy atom. The van der Waals surface area contributed by atoms with Gasteiger partial charge in [-0.25, -0.2) is 0 Å². The summed E-state index contributed by atoms with van der Waals surface area (Å²) in [6.45, 7) is 6.87. The molecule has 0 spiro atoms. The van der Waals surface area contributed by atoms with Crippen molar-refractivity contribution in [2.75, 3.05) is 20.2 Å². The molecule has 0 radical (unpaired) electrons. The first-order valence-corrected chi connectivity index (χ1v) is 5.58. The first kappa shape index (κ1) is 10.5. The summed E-state index contributed by atoms with van der Waals surface area (Å²) >= 11 is 0. The molecule has 15 heavy (non-hydrogen) atoms. The van der Waals surface area contributed by atoms with Crippen LogP contribution >= 0.6 is 0 Å². The standard InChI is InChI=1S/C13H19NO/c1-10(2)14-8-12(9-14)11-5-4-6-13(7-11)15-3/h4-7,10,12H,8-9H2,1-3H3. The number of nitrogens with zero attached hydrogens (tertiary/aromatic N) is 1. The fourth-order valence-corrected chi connectivity index (χ4v) is 2.04. The minimum absolute atomic E-state index is 0.673. The van der Waals surface area contributed by atoms with Gasteiger partial charge in [-0.1, -0.05) is 12.1 Å². The third-order valence-electron chi connectivity index (χ3n) is 3.21. The van der Waals surface area contributed by atoms with Gasteiger partial charge in [-0.2, -0.15) is 0 Å². The van der Waals surface area contributed by atoms with E-state index in [2.05, 4.69) is 36.9 Å². The Hall–Kier alpha value is -1.02. The van der Waals surface area contributed by atoms with Gasteiger partial charge in [-0.3, -0.25) is 4.90 Å². The smallest absolute Gasteiger partial charge is 0.119 e. The highest BCUT2D eigenvalue weighted by atomic mass is 16.5. The third kappa shape index (κ3) is 2.15. The molecule has 2 rings (SSSR count). The van der Waals surface area contributed by atoms with Crippen LogP contribution < -0.4 is 4.74 Å². The normalized spacial score (nSPS) is 17.9. The zero-order valence-electron chi connectivity index (χ0n) is 9.73. The maximum absolute atomic E-state index is 5.23. The maximum Gasteiger partial charge on any atom is 0.119 e. The Bertz CT molecular complexity index is 329. The molecule has 0 saturated carbocycles. The summed E-state index contributed by atoms with van der Waals surface area (Å²) in [6, 6.07) is 9.11. The van der Waals surface area contributed by atoms with E-state index < -0.39 is 0 Å². The van der Waals surface area contributed by atoms with Gasteiger partial charge in [0.1, 0.15) is 5.75 Å². The molecule has 0 aliphatic carbocycles. The van der Waals surface area contributed by atoms with Crippen LogP contribution in [0.3, 0.4) is 0 Å². The lowest BCUT2D eigenvalue weighted by Crippen LogP contribution is -2.48. The van der Waals surface area contributed by atoms with Gasteiger partial charge in [-0.15, -0.1) is 0 Å². The Morgan fingerprint density at radius 2 is 2.07 bits per heavy atom. The second-order valence-corrected chi connectivity index (χ2v) is 4.52. The van der Waals surface area contributed by atoms with Gasteiger partial charge in [-0.05, 0) is 31.5 Å². The number of rotatable bonds is 3. The number of hydrogen-bond donors (Lipinski definition) is 0. The van der Waals surface area contributed by atoms with Crippen LogP contribution in [0.2, 0.25) is 0 Å². The first-order chi connectivity index (χ1) is 7.20. The Labute approximate surface area is 91.9 Å². The summed E-state index contributed by atoms with van der Waals surface area (Å²) in [5, 5.41) is 0. The molecule has 82 valence electrons. The van der Waals surface area contributed by atoms with Crippen molar-refractivity contribution in [2.24, 2.45) is 0 Å². The highest BCUT2D eigenvalue weighted by Crippen LogP contribution is 2.30. The largest absolute Gasteiger partial charge is 0.497 e. The van der Waals surface area contributed by atoms with Crippen LogP contribution in [-0.2, 0) is 0 Å². The van der Waals surface area contributed by atoms with Gasteiger partial charge in [0, 0.05) is 25.0 Å². The number of methoxy groups -OCH3 is 1. The molecule has 0 bridgehead atoms. The molecule has 0 N–H and O–H groups in total. The van der Waals surface area contributed by atoms with E-state index in [0.29, 0.717) is 12.0 Å². The molecule has 2 heteroatoms. The molecule has 0 amide bonds. The number of benzene rings is 1. The molecule has 0 unspecified atom stereocenters. The fraction of sp³-hybridized carbons (Fsp3) is 0.538. The van der Waals surface area contributed by atoms with E-state index in [1.807, 2.05) is 6.07 Å². The quantitative estimate of drug-likeness (QED) is 0.751. The zero-order chi connectivity index (χ0) is 10.8. The Morgan fingerprint density at radius 3 is 2.67 bits per heavy atom. The molecule has 2 nitrogen and oxygen atoms in total. The van der Waals surface area contributed by atoms with E-state index in [0.717, 1.165) is 5.75 Å². The number of ether oxygens (including phenoxy) is 1. The molecule has 1 aliphatic rings. The monoisotopic (exact) mass is 205 g/mol. The van der Waals surface area contributed by atoms with E-state index in [-0.39, 0.29) is 0 Å². The molecular weight excluding hydrogens is 186 g/mol. The van der Waals surface area contributed by atoms with Gasteiger partial charge in [0.05, 0.1) is 7.11 Å². The minimum atomic E-state index is 0.673. The van der Waals surface area contributed by atoms with E-state index in [4.69, 9.17) is 4.74 Å². The number of likely N-dealkylation sites (tertiary alicyclic amines) is 1. The summed E-state index contributed by atoms with van der Waals surface area (Å²) in [5.41, 5.74) is 1.41. The lowest BCUT2D eigenvalue weighted by Gasteiger charge is -2.42. The van der Waals surface area contributed by atoms with Crippen LogP contribution in [0, 0.1) is 0 Å². The van der Waals surface area contributed by atoms with Crippen LogP contribution in [0.15, 0.2) is 24.3 Å². The van der Waals surface area contributed by atoms with E-state index in [1.165, 1.54) is 18.7 Å². The van der Waals surface area contributed by atoms with Gasteiger partial charge in [0.25, 0.3) is 0 Å². The van der Waals surface area contributed by atoms with Gasteiger partial charge >= 0.3 is 0 Å². The second kappa shape index (κ2) is 4.23. The number of hydrogen-bond acceptors (Lipinski definition) is 2. The molecule has 1 aromatic rings. The summed E-state index contributed by atoms with van der Waals surface area (Å²) in [6.07, 6.45) is 0. The summed E-state index contributed by atoms with van der Waals surface area (Å²) in [5.74, 6) is 1.66. The van der Waals surface area contributed by atoms with Crippen molar-refractivity contribution < 1.29 is 4.74 Å². The van der Waals surface area contributed by atoms with Crippen LogP contribution in [0.4, 0.5) is 0 Å². The van der Waals surface area contributed by atoms with E-state index >= 15 is 0 Å². The predicted molar refractivity (Wildman–Crippen MR) is 62.4 cm³/mol. The average Bonchev–Trinajstić information content (AvgIpc) is 2.15. The minimum Gasteiger partial charge on any atom is -0.497 e. The topological polar surface area (TPSA) is 12.5 Å². The van der Waals surface area contributed by atoms with Crippen molar-refractivity contribution >= 4 is 0 Å². The van der Waals surface area contributed by atoms with Crippen molar-refractivity contribution in [1.82, 2.24) is 4.90 Å². The first-order valence-electron chi connectivity index (χ1n) is 5.58. The van der Waals surface area contributed by atoms with Crippen LogP contribution in [0.5, 0.6) is 5.75 Å². The van der Waals surface area contributed by atoms with Gasteiger partial charge in [0.2, 0.25) is 0 Å². The molecule has 0 atom stereocenters. The molecule has 1 fully saturated rings. The highest BCUT2D eigenvalue weighted by molar-refractivity contribution is 5.32. The molecule has 1 aliphatic heterocycles. The molecule has 1 aromatic carbocycles. The molecular formula is C13H19NO. The fourth-order valence-electron chi connectivity index (χ4n) is 2.04. The van der Waals surface area contributed by atoms with Crippen molar-refractivity contribution in [2.45, 2.75) is 25.8 Å². The summed E-state index contributed by atoms with van der Waals surface area (Å²) < 4.78 is 5.23. The third-order valence-corrected chi connectivity index (χ3v) is 3.21. The molecule has 0 aromatic heterocycles. The van der Waals surface area contributed by atoms with Crippen molar-refractivity contribution in [3.63, 3.8) is 0 Å². The highest BCUT2D eigenvalue weighted by Gasteiger charge is 2.29. The van der Waals surface area contributed by atoms with Crippen LogP contribution in [0.1, 0.15) is 25.3 Å². The predicted octanol–water partition coefficient (Wildman–Crippen LogP) is 2.50. The lowest BCUT2D eigenvalue weighted by molar-refractivity contribution is 0.110. The van der Waals surface area contributed by atoms with Crippen molar-refractivity contribution in [3.05, 3.63) is 29.8 Å². The Balaban J connectivity index is 2.00. The van der Waals surface area contributed by atoms with E-state index in [9.17, 15) is 0 Å². The summed E-state index contributed by atoms with van der Waals surface area (Å²) in [7, 11) is 1.72. The lowest BCUT2D eigenvalue weighted by atomic mass is 9.90. The van der Waals surface area contributed by atoms with Crippen LogP contribution in [-0.4, -0.2) is 31.1 Å². The zero-order valence-corrected chi connectivity index (χ0v) is 9.73. The molecule has 1 heterocycles. The van der Waals surface area contributed by atoms with E-state index in [1.54, 1.807) is 7.11 Å². The SMILES string of the molecule is COc1cccc(C2CN(C(C)C)C2)c1.